The molecule has 0 fully saturated rings. The maximum atomic E-state index is 12.2. The number of aryl methyl sites for hydroxylation is 1. The van der Waals surface area contributed by atoms with Crippen LogP contribution in [0.15, 0.2) is 53.3 Å². The van der Waals surface area contributed by atoms with E-state index in [2.05, 4.69) is 5.32 Å². The van der Waals surface area contributed by atoms with E-state index in [1.165, 1.54) is 11.5 Å². The lowest BCUT2D eigenvalue weighted by atomic mass is 10.2. The van der Waals surface area contributed by atoms with Crippen LogP contribution < -0.4 is 15.6 Å². The van der Waals surface area contributed by atoms with Gasteiger partial charge in [-0.25, -0.2) is 0 Å². The summed E-state index contributed by atoms with van der Waals surface area (Å²) in [6, 6.07) is 15.2. The third-order valence-electron chi connectivity index (χ3n) is 3.99. The molecule has 3 rings (SSSR count). The van der Waals surface area contributed by atoms with Gasteiger partial charge in [0.1, 0.15) is 5.75 Å². The largest absolute Gasteiger partial charge is 0.496 e. The van der Waals surface area contributed by atoms with E-state index in [1.54, 1.807) is 11.1 Å². The fourth-order valence-electron chi connectivity index (χ4n) is 2.68. The number of para-hydroxylation sites is 1. The summed E-state index contributed by atoms with van der Waals surface area (Å²) in [6.07, 6.45) is 1.01. The third kappa shape index (κ3) is 4.09. The van der Waals surface area contributed by atoms with Crippen molar-refractivity contribution in [2.45, 2.75) is 25.9 Å². The molecule has 25 heavy (non-hydrogen) atoms. The average Bonchev–Trinajstić information content (AvgIpc) is 2.96. The molecule has 0 spiro atoms. The van der Waals surface area contributed by atoms with Crippen LogP contribution in [0.5, 0.6) is 5.75 Å². The number of fused-ring (bicyclic) bond motifs is 1. The van der Waals surface area contributed by atoms with Gasteiger partial charge < -0.3 is 10.1 Å². The number of nitrogens with zero attached hydrogens (tertiary/aromatic N) is 1. The second kappa shape index (κ2) is 7.98. The average molecular weight is 356 g/mol. The minimum absolute atomic E-state index is 0.0232. The Labute approximate surface area is 150 Å². The van der Waals surface area contributed by atoms with Gasteiger partial charge in [-0.1, -0.05) is 41.9 Å². The van der Waals surface area contributed by atoms with Crippen molar-refractivity contribution >= 4 is 27.5 Å². The molecule has 0 bridgehead atoms. The molecule has 0 saturated carbocycles. The van der Waals surface area contributed by atoms with Gasteiger partial charge >= 0.3 is 0 Å². The summed E-state index contributed by atoms with van der Waals surface area (Å²) in [4.78, 5) is 24.3. The molecule has 1 N–H and O–H groups in total. The SMILES string of the molecule is COc1ccccc1CNC(=O)CCCn1sc2ccccc2c1=O. The Bertz CT molecular complexity index is 930. The Hall–Kier alpha value is -2.60. The Morgan fingerprint density at radius 3 is 2.72 bits per heavy atom. The molecule has 1 amide bonds. The van der Waals surface area contributed by atoms with E-state index in [1.807, 2.05) is 48.5 Å². The van der Waals surface area contributed by atoms with E-state index in [4.69, 9.17) is 4.74 Å². The van der Waals surface area contributed by atoms with Gasteiger partial charge in [0.2, 0.25) is 5.91 Å². The van der Waals surface area contributed by atoms with Gasteiger partial charge in [0.15, 0.2) is 0 Å². The van der Waals surface area contributed by atoms with Crippen LogP contribution in [0.1, 0.15) is 18.4 Å². The lowest BCUT2D eigenvalue weighted by molar-refractivity contribution is -0.121. The Morgan fingerprint density at radius 2 is 1.92 bits per heavy atom. The predicted molar refractivity (Wildman–Crippen MR) is 100 cm³/mol. The van der Waals surface area contributed by atoms with E-state index in [9.17, 15) is 9.59 Å². The van der Waals surface area contributed by atoms with Crippen molar-refractivity contribution in [2.75, 3.05) is 7.11 Å². The fraction of sp³-hybridized carbons (Fsp3) is 0.263. The normalized spacial score (nSPS) is 10.8. The molecular formula is C19H20N2O3S. The number of amides is 1. The first-order chi connectivity index (χ1) is 12.2. The number of ether oxygens (including phenoxy) is 1. The molecular weight excluding hydrogens is 336 g/mol. The van der Waals surface area contributed by atoms with Crippen LogP contribution in [0.25, 0.3) is 10.1 Å². The highest BCUT2D eigenvalue weighted by Crippen LogP contribution is 2.17. The zero-order valence-corrected chi connectivity index (χ0v) is 14.8. The molecule has 0 radical (unpaired) electrons. The Balaban J connectivity index is 1.51. The fourth-order valence-corrected chi connectivity index (χ4v) is 3.71. The molecule has 3 aromatic rings. The molecule has 2 aromatic carbocycles. The molecule has 0 atom stereocenters. The monoisotopic (exact) mass is 356 g/mol. The van der Waals surface area contributed by atoms with E-state index in [0.717, 1.165) is 21.4 Å². The number of hydrogen-bond donors (Lipinski definition) is 1. The number of rotatable bonds is 7. The first-order valence-electron chi connectivity index (χ1n) is 8.16. The van der Waals surface area contributed by atoms with Crippen LogP contribution in [-0.2, 0) is 17.9 Å². The second-order valence-corrected chi connectivity index (χ2v) is 6.75. The number of hydrogen-bond acceptors (Lipinski definition) is 4. The minimum Gasteiger partial charge on any atom is -0.496 e. The number of aromatic nitrogens is 1. The zero-order chi connectivity index (χ0) is 17.6. The van der Waals surface area contributed by atoms with Crippen molar-refractivity contribution in [3.8, 4) is 5.75 Å². The van der Waals surface area contributed by atoms with Crippen LogP contribution >= 0.6 is 11.5 Å². The quantitative estimate of drug-likeness (QED) is 0.707. The first kappa shape index (κ1) is 17.2. The maximum Gasteiger partial charge on any atom is 0.268 e. The van der Waals surface area contributed by atoms with Crippen LogP contribution in [-0.4, -0.2) is 17.0 Å². The number of methoxy groups -OCH3 is 1. The lowest BCUT2D eigenvalue weighted by Crippen LogP contribution is -2.23. The molecule has 6 heteroatoms. The summed E-state index contributed by atoms with van der Waals surface area (Å²) in [6.45, 7) is 0.992. The van der Waals surface area contributed by atoms with Crippen molar-refractivity contribution in [1.29, 1.82) is 0 Å². The molecule has 0 saturated heterocycles. The van der Waals surface area contributed by atoms with Crippen LogP contribution in [0.2, 0.25) is 0 Å². The molecule has 130 valence electrons. The molecule has 0 aliphatic carbocycles. The third-order valence-corrected chi connectivity index (χ3v) is 5.11. The molecule has 0 unspecified atom stereocenters. The predicted octanol–water partition coefficient (Wildman–Crippen LogP) is 3.17. The van der Waals surface area contributed by atoms with Gasteiger partial charge in [-0.2, -0.15) is 0 Å². The van der Waals surface area contributed by atoms with E-state index >= 15 is 0 Å². The number of carbonyl (C=O) groups is 1. The summed E-state index contributed by atoms with van der Waals surface area (Å²) in [5.74, 6) is 0.736. The number of benzene rings is 2. The second-order valence-electron chi connectivity index (χ2n) is 5.69. The summed E-state index contributed by atoms with van der Waals surface area (Å²) in [5, 5.41) is 3.64. The molecule has 5 nitrogen and oxygen atoms in total. The highest BCUT2D eigenvalue weighted by atomic mass is 32.1. The van der Waals surface area contributed by atoms with Crippen LogP contribution in [0.4, 0.5) is 0 Å². The topological polar surface area (TPSA) is 60.3 Å². The molecule has 0 aliphatic heterocycles. The Kier molecular flexibility index (Phi) is 5.50. The summed E-state index contributed by atoms with van der Waals surface area (Å²) < 4.78 is 7.97. The van der Waals surface area contributed by atoms with Crippen molar-refractivity contribution < 1.29 is 9.53 Å². The first-order valence-corrected chi connectivity index (χ1v) is 8.94. The van der Waals surface area contributed by atoms with Crippen molar-refractivity contribution in [1.82, 2.24) is 9.27 Å². The highest BCUT2D eigenvalue weighted by molar-refractivity contribution is 7.13. The summed E-state index contributed by atoms with van der Waals surface area (Å²) in [5.41, 5.74) is 0.967. The molecule has 1 heterocycles. The van der Waals surface area contributed by atoms with Gasteiger partial charge in [-0.3, -0.25) is 13.5 Å². The Morgan fingerprint density at radius 1 is 1.16 bits per heavy atom. The lowest BCUT2D eigenvalue weighted by Gasteiger charge is -2.09. The number of nitrogens with one attached hydrogen (secondary N) is 1. The van der Waals surface area contributed by atoms with Crippen molar-refractivity contribution in [3.05, 3.63) is 64.4 Å². The smallest absolute Gasteiger partial charge is 0.268 e. The van der Waals surface area contributed by atoms with Gasteiger partial charge in [-0.15, -0.1) is 0 Å². The zero-order valence-electron chi connectivity index (χ0n) is 14.0. The maximum absolute atomic E-state index is 12.2. The minimum atomic E-state index is -0.0277. The van der Waals surface area contributed by atoms with Crippen molar-refractivity contribution in [3.63, 3.8) is 0 Å². The van der Waals surface area contributed by atoms with E-state index in [-0.39, 0.29) is 11.5 Å². The van der Waals surface area contributed by atoms with Gasteiger partial charge in [-0.05, 0) is 24.6 Å². The van der Waals surface area contributed by atoms with E-state index < -0.39 is 0 Å². The summed E-state index contributed by atoms with van der Waals surface area (Å²) >= 11 is 1.45. The number of carbonyl (C=O) groups excluding carboxylic acids is 1. The van der Waals surface area contributed by atoms with Crippen LogP contribution in [0, 0.1) is 0 Å². The molecule has 0 aliphatic rings. The molecule has 1 aromatic heterocycles. The standard InChI is InChI=1S/C19H20N2O3S/c1-24-16-9-4-2-7-14(16)13-20-18(22)11-6-12-21-19(23)15-8-3-5-10-17(15)25-21/h2-5,7-10H,6,11-13H2,1H3,(H,20,22). The van der Waals surface area contributed by atoms with Gasteiger partial charge in [0.05, 0.1) is 17.2 Å². The van der Waals surface area contributed by atoms with Gasteiger partial charge in [0, 0.05) is 25.1 Å². The van der Waals surface area contributed by atoms with E-state index in [0.29, 0.717) is 25.9 Å². The van der Waals surface area contributed by atoms with Gasteiger partial charge in [0.25, 0.3) is 5.56 Å². The summed E-state index contributed by atoms with van der Waals surface area (Å²) in [7, 11) is 1.61. The van der Waals surface area contributed by atoms with Crippen molar-refractivity contribution in [2.24, 2.45) is 0 Å². The highest BCUT2D eigenvalue weighted by Gasteiger charge is 2.08. The van der Waals surface area contributed by atoms with Crippen LogP contribution in [0.3, 0.4) is 0 Å².